The average Bonchev–Trinajstić information content (AvgIpc) is 3.69. The summed E-state index contributed by atoms with van der Waals surface area (Å²) in [5, 5.41) is 18.6. The van der Waals surface area contributed by atoms with E-state index in [2.05, 4.69) is 28.1 Å². The third kappa shape index (κ3) is 12.7. The summed E-state index contributed by atoms with van der Waals surface area (Å²) in [6.45, 7) is 4.70. The zero-order valence-corrected chi connectivity index (χ0v) is 27.7. The van der Waals surface area contributed by atoms with Crippen LogP contribution in [-0.4, -0.2) is 50.0 Å². The van der Waals surface area contributed by atoms with Gasteiger partial charge in [0.2, 0.25) is 5.91 Å². The molecule has 17 heteroatoms. The van der Waals surface area contributed by atoms with E-state index < -0.39 is 5.82 Å². The normalized spacial score (nSPS) is 17.5. The Balaban J connectivity index is 0.000000335. The van der Waals surface area contributed by atoms with Gasteiger partial charge in [0.15, 0.2) is 23.1 Å². The molecule has 46 heavy (non-hydrogen) atoms. The summed E-state index contributed by atoms with van der Waals surface area (Å²) in [4.78, 5) is 46.7. The van der Waals surface area contributed by atoms with Crippen LogP contribution in [0.1, 0.15) is 50.2 Å². The zero-order valence-electron chi connectivity index (χ0n) is 25.7. The molecule has 0 spiro atoms. The van der Waals surface area contributed by atoms with Gasteiger partial charge in [0.05, 0.1) is 18.9 Å². The third-order valence-electron chi connectivity index (χ3n) is 6.85. The number of nitrogen functional groups attached to an aromatic ring is 1. The van der Waals surface area contributed by atoms with E-state index in [9.17, 15) is 18.4 Å². The Morgan fingerprint density at radius 1 is 0.978 bits per heavy atom. The van der Waals surface area contributed by atoms with Gasteiger partial charge in [-0.25, -0.2) is 8.78 Å². The number of carbonyl (C=O) groups is 2. The van der Waals surface area contributed by atoms with Gasteiger partial charge in [-0.2, -0.15) is 14.7 Å². The van der Waals surface area contributed by atoms with E-state index in [1.54, 1.807) is 12.1 Å². The molecule has 2 fully saturated rings. The Morgan fingerprint density at radius 2 is 1.54 bits per heavy atom. The van der Waals surface area contributed by atoms with Crippen molar-refractivity contribution >= 4 is 35.1 Å². The first-order valence-corrected chi connectivity index (χ1v) is 14.2. The molecule has 4 heterocycles. The quantitative estimate of drug-likeness (QED) is 0.154. The number of hydrazone groups is 1. The fourth-order valence-electron chi connectivity index (χ4n) is 4.75. The van der Waals surface area contributed by atoms with Crippen molar-refractivity contribution in [3.8, 4) is 11.5 Å². The maximum absolute atomic E-state index is 13.7. The minimum atomic E-state index is -0.397. The molecule has 5 N–H and O–H groups in total. The number of hydrogen-bond acceptors (Lipinski definition) is 12. The molecule has 0 aromatic heterocycles. The summed E-state index contributed by atoms with van der Waals surface area (Å²) in [5.74, 6) is 0.349. The second kappa shape index (κ2) is 21.6. The van der Waals surface area contributed by atoms with E-state index in [0.29, 0.717) is 67.1 Å². The number of anilines is 2. The van der Waals surface area contributed by atoms with E-state index in [0.717, 1.165) is 55.1 Å². The van der Waals surface area contributed by atoms with E-state index in [-0.39, 0.29) is 53.3 Å². The minimum Gasteiger partial charge on any atom is -0.490 e. The van der Waals surface area contributed by atoms with Crippen molar-refractivity contribution in [3.05, 3.63) is 57.1 Å². The number of nitrogens with zero attached hydrogens (tertiary/aromatic N) is 2. The van der Waals surface area contributed by atoms with Gasteiger partial charge >= 0.3 is 35.7 Å². The smallest absolute Gasteiger partial charge is 0.490 e. The fraction of sp³-hybridized carbons (Fsp3) is 0.448. The van der Waals surface area contributed by atoms with Gasteiger partial charge in [-0.15, -0.1) is 5.34 Å². The molecule has 1 atom stereocenters. The van der Waals surface area contributed by atoms with Gasteiger partial charge < -0.3 is 36.0 Å². The molecule has 0 bridgehead atoms. The van der Waals surface area contributed by atoms with Crippen LogP contribution < -0.4 is 60.8 Å². The van der Waals surface area contributed by atoms with Gasteiger partial charge in [-0.05, 0) is 44.2 Å². The molecule has 1 unspecified atom stereocenters. The topological polar surface area (TPSA) is 214 Å². The number of piperidine rings is 2. The summed E-state index contributed by atoms with van der Waals surface area (Å²) in [7, 11) is 0. The van der Waals surface area contributed by atoms with Gasteiger partial charge in [0, 0.05) is 60.8 Å². The Morgan fingerprint density at radius 3 is 2.09 bits per heavy atom. The largest absolute Gasteiger partial charge is 1.00 e. The number of benzene rings is 2. The van der Waals surface area contributed by atoms with Crippen LogP contribution in [0.25, 0.3) is 0 Å². The second-order valence-corrected chi connectivity index (χ2v) is 9.86. The van der Waals surface area contributed by atoms with Crippen LogP contribution in [0.4, 0.5) is 20.2 Å². The summed E-state index contributed by atoms with van der Waals surface area (Å²) >= 11 is 0. The zero-order chi connectivity index (χ0) is 33.2. The summed E-state index contributed by atoms with van der Waals surface area (Å²) < 4.78 is 36.9. The van der Waals surface area contributed by atoms with E-state index in [4.69, 9.17) is 34.9 Å². The number of ether oxygens (including phenoxy) is 2. The Bertz CT molecular complexity index is 1390. The molecule has 6 rings (SSSR count). The first-order valence-electron chi connectivity index (χ1n) is 14.2. The first-order chi connectivity index (χ1) is 21.7. The van der Waals surface area contributed by atoms with Crippen LogP contribution in [0.2, 0.25) is 0 Å². The second-order valence-electron chi connectivity index (χ2n) is 9.86. The number of halogens is 2. The van der Waals surface area contributed by atoms with Gasteiger partial charge in [-0.3, -0.25) is 15.0 Å². The molecule has 0 radical (unpaired) electrons. The number of nitrogens with one attached hydrogen (secondary N) is 3. The van der Waals surface area contributed by atoms with Gasteiger partial charge in [0.25, 0.3) is 5.91 Å². The van der Waals surface area contributed by atoms with Crippen molar-refractivity contribution in [1.82, 2.24) is 10.6 Å². The SMILES string of the molecule is CCC1CCCNC1=O.Nc1cc(F)c2c(c1)CCO2.O=C1NCCC/C1=N\Nc1cc(F)c2c(c1)CCO2.O=C=O.O=N[O-].[Na+]. The molecule has 2 amide bonds. The molecule has 0 aliphatic carbocycles. The summed E-state index contributed by atoms with van der Waals surface area (Å²) in [6.07, 6.45) is 6.45. The van der Waals surface area contributed by atoms with Crippen LogP contribution in [0.15, 0.2) is 34.7 Å². The molecular weight excluding hydrogens is 621 g/mol. The van der Waals surface area contributed by atoms with E-state index >= 15 is 0 Å². The molecule has 4 aliphatic rings. The van der Waals surface area contributed by atoms with Crippen LogP contribution >= 0.6 is 0 Å². The molecule has 14 nitrogen and oxygen atoms in total. The monoisotopic (exact) mass is 656 g/mol. The number of carbonyl (C=O) groups excluding carboxylic acids is 4. The summed E-state index contributed by atoms with van der Waals surface area (Å²) in [6, 6.07) is 6.17. The van der Waals surface area contributed by atoms with Crippen molar-refractivity contribution in [2.75, 3.05) is 37.5 Å². The van der Waals surface area contributed by atoms with Crippen LogP contribution in [0.5, 0.6) is 11.5 Å². The maximum Gasteiger partial charge on any atom is 1.00 e. The van der Waals surface area contributed by atoms with Crippen LogP contribution in [0, 0.1) is 27.7 Å². The summed E-state index contributed by atoms with van der Waals surface area (Å²) in [5.41, 5.74) is 11.3. The first kappa shape index (κ1) is 39.9. The van der Waals surface area contributed by atoms with E-state index in [1.807, 2.05) is 0 Å². The number of amides is 2. The molecule has 4 aliphatic heterocycles. The van der Waals surface area contributed by atoms with Crippen LogP contribution in [-0.2, 0) is 32.0 Å². The molecule has 2 saturated heterocycles. The third-order valence-corrected chi connectivity index (χ3v) is 6.85. The van der Waals surface area contributed by atoms with Crippen molar-refractivity contribution in [1.29, 1.82) is 0 Å². The predicted octanol–water partition coefficient (Wildman–Crippen LogP) is 0.375. The van der Waals surface area contributed by atoms with Crippen molar-refractivity contribution < 1.29 is 67.0 Å². The van der Waals surface area contributed by atoms with Gasteiger partial charge in [-0.1, -0.05) is 6.92 Å². The standard InChI is InChI=1S/C13H14FN3O2.C8H8FNO.C7H13NO.CO2.HNO2.Na/c14-10-7-9(6-8-3-5-19-12(8)10)16-17-11-2-1-4-15-13(11)18;9-7-4-6(10)3-5-1-2-11-8(5)7;1-2-6-4-3-5-8-7(6)9;2*2-1-3;/h6-7,16H,1-5H2,(H,15,18);3-4H,1-2,10H2;6H,2-5H2,1H3,(H,8,9);;(H,2,3);/q;;;;;+1/p-1/b17-11+;;;;;. The minimum absolute atomic E-state index is 0. The number of fused-ring (bicyclic) bond motifs is 2. The predicted molar refractivity (Wildman–Crippen MR) is 159 cm³/mol. The number of hydrogen-bond donors (Lipinski definition) is 4. The van der Waals surface area contributed by atoms with Crippen molar-refractivity contribution in [2.45, 2.75) is 51.9 Å². The number of nitrogens with two attached hydrogens (primary N) is 1. The Labute approximate surface area is 286 Å². The molecule has 2 aromatic carbocycles. The Hall–Kier alpha value is -4.11. The van der Waals surface area contributed by atoms with Crippen molar-refractivity contribution in [3.63, 3.8) is 0 Å². The van der Waals surface area contributed by atoms with Crippen molar-refractivity contribution in [2.24, 2.45) is 16.4 Å². The molecule has 2 aromatic rings. The fourth-order valence-corrected chi connectivity index (χ4v) is 4.75. The molecular formula is C29H35F2N6NaO8. The van der Waals surface area contributed by atoms with Gasteiger partial charge in [0.1, 0.15) is 5.71 Å². The average molecular weight is 657 g/mol. The van der Waals surface area contributed by atoms with E-state index in [1.165, 1.54) is 12.1 Å². The Kier molecular flexibility index (Phi) is 18.7. The molecule has 244 valence electrons. The van der Waals surface area contributed by atoms with Crippen LogP contribution in [0.3, 0.4) is 0 Å². The number of rotatable bonds is 3. The maximum atomic E-state index is 13.7. The molecule has 0 saturated carbocycles.